The second-order valence-corrected chi connectivity index (χ2v) is 7.32. The van der Waals surface area contributed by atoms with E-state index >= 15 is 0 Å². The summed E-state index contributed by atoms with van der Waals surface area (Å²) in [5, 5.41) is 3.16. The quantitative estimate of drug-likeness (QED) is 0.692. The van der Waals surface area contributed by atoms with Gasteiger partial charge in [0.05, 0.1) is 3.79 Å². The molecule has 0 radical (unpaired) electrons. The van der Waals surface area contributed by atoms with Gasteiger partial charge in [0.1, 0.15) is 0 Å². The standard InChI is InChI=1S/C12H9BrF3NS2/c13-11-6-5-10(18-11)7-17-8-1-3-9(4-2-8)19-12(14,15)16/h1-6,17H,7H2. The Morgan fingerprint density at radius 3 is 2.32 bits per heavy atom. The van der Waals surface area contributed by atoms with Crippen LogP contribution in [0.4, 0.5) is 18.9 Å². The second kappa shape index (κ2) is 6.19. The number of anilines is 1. The zero-order chi connectivity index (χ0) is 13.9. The van der Waals surface area contributed by atoms with Gasteiger partial charge in [-0.15, -0.1) is 11.3 Å². The summed E-state index contributed by atoms with van der Waals surface area (Å²) in [4.78, 5) is 1.34. The summed E-state index contributed by atoms with van der Waals surface area (Å²) in [6.07, 6.45) is 0. The topological polar surface area (TPSA) is 12.0 Å². The molecule has 7 heteroatoms. The average molecular weight is 368 g/mol. The summed E-state index contributed by atoms with van der Waals surface area (Å²) in [6, 6.07) is 10.2. The van der Waals surface area contributed by atoms with Crippen molar-refractivity contribution in [1.82, 2.24) is 0 Å². The summed E-state index contributed by atoms with van der Waals surface area (Å²) < 4.78 is 37.5. The van der Waals surface area contributed by atoms with Crippen LogP contribution >= 0.6 is 39.0 Å². The lowest BCUT2D eigenvalue weighted by atomic mass is 10.3. The maximum atomic E-state index is 12.2. The molecule has 1 heterocycles. The molecule has 2 rings (SSSR count). The monoisotopic (exact) mass is 367 g/mol. The first-order chi connectivity index (χ1) is 8.92. The van der Waals surface area contributed by atoms with E-state index in [1.165, 1.54) is 12.1 Å². The maximum Gasteiger partial charge on any atom is 0.446 e. The predicted octanol–water partition coefficient (Wildman–Crippen LogP) is 5.73. The van der Waals surface area contributed by atoms with E-state index in [0.717, 1.165) is 14.4 Å². The van der Waals surface area contributed by atoms with Crippen LogP contribution in [0.3, 0.4) is 0 Å². The molecule has 0 atom stereocenters. The third-order valence-corrected chi connectivity index (χ3v) is 4.55. The van der Waals surface area contributed by atoms with Crippen LogP contribution in [-0.4, -0.2) is 5.51 Å². The van der Waals surface area contributed by atoms with Crippen LogP contribution < -0.4 is 5.32 Å². The van der Waals surface area contributed by atoms with Crippen molar-refractivity contribution in [3.63, 3.8) is 0 Å². The Morgan fingerprint density at radius 2 is 1.79 bits per heavy atom. The van der Waals surface area contributed by atoms with Gasteiger partial charge in [-0.05, 0) is 64.1 Å². The van der Waals surface area contributed by atoms with E-state index in [1.807, 2.05) is 12.1 Å². The highest BCUT2D eigenvalue weighted by molar-refractivity contribution is 9.11. The number of rotatable bonds is 4. The van der Waals surface area contributed by atoms with Crippen LogP contribution in [0.1, 0.15) is 4.88 Å². The third-order valence-electron chi connectivity index (χ3n) is 2.18. The zero-order valence-electron chi connectivity index (χ0n) is 9.50. The largest absolute Gasteiger partial charge is 0.446 e. The molecule has 0 fully saturated rings. The summed E-state index contributed by atoms with van der Waals surface area (Å²) in [6.45, 7) is 0.655. The normalized spacial score (nSPS) is 11.6. The molecule has 1 aromatic carbocycles. The van der Waals surface area contributed by atoms with E-state index in [0.29, 0.717) is 6.54 Å². The van der Waals surface area contributed by atoms with Crippen LogP contribution in [0.2, 0.25) is 0 Å². The van der Waals surface area contributed by atoms with Gasteiger partial charge in [-0.2, -0.15) is 13.2 Å². The Balaban J connectivity index is 1.91. The van der Waals surface area contributed by atoms with Crippen molar-refractivity contribution >= 4 is 44.7 Å². The minimum Gasteiger partial charge on any atom is -0.380 e. The van der Waals surface area contributed by atoms with Crippen LogP contribution in [0, 0.1) is 0 Å². The fourth-order valence-electron chi connectivity index (χ4n) is 1.41. The Hall–Kier alpha value is -0.660. The molecule has 0 aliphatic rings. The van der Waals surface area contributed by atoms with E-state index in [1.54, 1.807) is 23.5 Å². The molecule has 102 valence electrons. The molecular formula is C12H9BrF3NS2. The molecule has 0 saturated heterocycles. The van der Waals surface area contributed by atoms with Gasteiger partial charge in [0.25, 0.3) is 0 Å². The maximum absolute atomic E-state index is 12.2. The zero-order valence-corrected chi connectivity index (χ0v) is 12.7. The first-order valence-corrected chi connectivity index (χ1v) is 7.69. The fourth-order valence-corrected chi connectivity index (χ4v) is 3.37. The van der Waals surface area contributed by atoms with Crippen LogP contribution in [0.5, 0.6) is 0 Å². The summed E-state index contributed by atoms with van der Waals surface area (Å²) in [5.74, 6) is 0. The highest BCUT2D eigenvalue weighted by atomic mass is 79.9. The molecule has 19 heavy (non-hydrogen) atoms. The summed E-state index contributed by atoms with van der Waals surface area (Å²) in [5.41, 5.74) is -3.44. The van der Waals surface area contributed by atoms with E-state index < -0.39 is 5.51 Å². The van der Waals surface area contributed by atoms with Crippen molar-refractivity contribution in [3.05, 3.63) is 45.1 Å². The Bertz CT molecular complexity index is 537. The van der Waals surface area contributed by atoms with E-state index in [9.17, 15) is 13.2 Å². The average Bonchev–Trinajstić information content (AvgIpc) is 2.72. The SMILES string of the molecule is FC(F)(F)Sc1ccc(NCc2ccc(Br)s2)cc1. The Morgan fingerprint density at radius 1 is 1.11 bits per heavy atom. The lowest BCUT2D eigenvalue weighted by Gasteiger charge is -2.08. The van der Waals surface area contributed by atoms with E-state index in [4.69, 9.17) is 0 Å². The van der Waals surface area contributed by atoms with Gasteiger partial charge in [-0.25, -0.2) is 0 Å². The lowest BCUT2D eigenvalue weighted by molar-refractivity contribution is -0.0328. The number of hydrogen-bond acceptors (Lipinski definition) is 3. The lowest BCUT2D eigenvalue weighted by Crippen LogP contribution is -2.00. The van der Waals surface area contributed by atoms with Crippen molar-refractivity contribution in [2.45, 2.75) is 16.9 Å². The molecule has 1 N–H and O–H groups in total. The van der Waals surface area contributed by atoms with Gasteiger partial charge < -0.3 is 5.32 Å². The van der Waals surface area contributed by atoms with Crippen LogP contribution in [-0.2, 0) is 6.54 Å². The highest BCUT2D eigenvalue weighted by Crippen LogP contribution is 2.37. The number of hydrogen-bond donors (Lipinski definition) is 1. The van der Waals surface area contributed by atoms with Crippen molar-refractivity contribution in [2.75, 3.05) is 5.32 Å². The van der Waals surface area contributed by atoms with Gasteiger partial charge in [-0.1, -0.05) is 0 Å². The highest BCUT2D eigenvalue weighted by Gasteiger charge is 2.28. The van der Waals surface area contributed by atoms with Gasteiger partial charge in [0.2, 0.25) is 0 Å². The molecule has 0 spiro atoms. The minimum atomic E-state index is -4.24. The molecule has 1 nitrogen and oxygen atoms in total. The number of thioether (sulfide) groups is 1. The Kier molecular flexibility index (Phi) is 4.81. The third kappa shape index (κ3) is 5.08. The van der Waals surface area contributed by atoms with Gasteiger partial charge in [-0.3, -0.25) is 0 Å². The van der Waals surface area contributed by atoms with Gasteiger partial charge in [0.15, 0.2) is 0 Å². The number of halogens is 4. The molecule has 1 aromatic heterocycles. The first-order valence-electron chi connectivity index (χ1n) is 5.26. The number of thiophene rings is 1. The minimum absolute atomic E-state index is 0.105. The van der Waals surface area contributed by atoms with E-state index in [2.05, 4.69) is 21.2 Å². The van der Waals surface area contributed by atoms with Crippen molar-refractivity contribution in [3.8, 4) is 0 Å². The number of nitrogens with one attached hydrogen (secondary N) is 1. The van der Waals surface area contributed by atoms with E-state index in [-0.39, 0.29) is 16.7 Å². The molecule has 0 unspecified atom stereocenters. The van der Waals surface area contributed by atoms with Gasteiger partial charge >= 0.3 is 5.51 Å². The summed E-state index contributed by atoms with van der Waals surface area (Å²) >= 11 is 4.89. The van der Waals surface area contributed by atoms with Gasteiger partial charge in [0, 0.05) is 22.0 Å². The van der Waals surface area contributed by atoms with Crippen molar-refractivity contribution < 1.29 is 13.2 Å². The molecule has 2 aromatic rings. The molecule has 0 amide bonds. The van der Waals surface area contributed by atoms with Crippen LogP contribution in [0.25, 0.3) is 0 Å². The van der Waals surface area contributed by atoms with Crippen molar-refractivity contribution in [1.29, 1.82) is 0 Å². The van der Waals surface area contributed by atoms with Crippen molar-refractivity contribution in [2.24, 2.45) is 0 Å². The first kappa shape index (κ1) is 14.7. The van der Waals surface area contributed by atoms with Crippen LogP contribution in [0.15, 0.2) is 45.1 Å². The predicted molar refractivity (Wildman–Crippen MR) is 77.7 cm³/mol. The molecule has 0 aliphatic carbocycles. The molecule has 0 saturated carbocycles. The fraction of sp³-hybridized carbons (Fsp3) is 0.167. The molecule has 0 bridgehead atoms. The molecular weight excluding hydrogens is 359 g/mol. The second-order valence-electron chi connectivity index (χ2n) is 3.63. The number of alkyl halides is 3. The summed E-state index contributed by atoms with van der Waals surface area (Å²) in [7, 11) is 0. The molecule has 0 aliphatic heterocycles. The smallest absolute Gasteiger partial charge is 0.380 e. The number of benzene rings is 1. The Labute approximate surface area is 125 Å².